The highest BCUT2D eigenvalue weighted by Crippen LogP contribution is 2.17. The summed E-state index contributed by atoms with van der Waals surface area (Å²) in [4.78, 5) is 24.5. The fourth-order valence-corrected chi connectivity index (χ4v) is 9.10. The Hall–Kier alpha value is -1.92. The molecular weight excluding hydrogens is 827 g/mol. The van der Waals surface area contributed by atoms with E-state index in [4.69, 9.17) is 4.74 Å². The number of aliphatic hydroxyl groups is 2. The molecule has 0 aromatic rings. The average Bonchev–Trinajstić information content (AvgIpc) is 3.33. The van der Waals surface area contributed by atoms with E-state index in [1.807, 2.05) is 6.08 Å². The van der Waals surface area contributed by atoms with Crippen molar-refractivity contribution >= 4 is 11.9 Å². The number of hydrogen-bond acceptors (Lipinski definition) is 5. The molecule has 0 bridgehead atoms. The first-order valence-electron chi connectivity index (χ1n) is 29.7. The number of carbonyl (C=O) groups is 2. The fourth-order valence-electron chi connectivity index (χ4n) is 9.10. The molecule has 2 unspecified atom stereocenters. The van der Waals surface area contributed by atoms with Gasteiger partial charge in [-0.1, -0.05) is 269 Å². The van der Waals surface area contributed by atoms with Gasteiger partial charge < -0.3 is 20.3 Å². The predicted octanol–water partition coefficient (Wildman–Crippen LogP) is 18.4. The third-order valence-corrected chi connectivity index (χ3v) is 13.7. The fraction of sp³-hybridized carbons (Fsp3) is 0.869. The zero-order chi connectivity index (χ0) is 48.6. The molecule has 0 saturated carbocycles. The first-order chi connectivity index (χ1) is 33.0. The molecule has 394 valence electrons. The Morgan fingerprint density at radius 2 is 0.761 bits per heavy atom. The molecule has 0 aliphatic rings. The molecule has 0 fully saturated rings. The van der Waals surface area contributed by atoms with Crippen LogP contribution in [0.15, 0.2) is 36.5 Å². The van der Waals surface area contributed by atoms with Crippen LogP contribution in [0.5, 0.6) is 0 Å². The second-order valence-electron chi connectivity index (χ2n) is 20.3. The van der Waals surface area contributed by atoms with Crippen LogP contribution >= 0.6 is 0 Å². The van der Waals surface area contributed by atoms with Crippen molar-refractivity contribution in [2.24, 2.45) is 0 Å². The van der Waals surface area contributed by atoms with Gasteiger partial charge >= 0.3 is 5.97 Å². The van der Waals surface area contributed by atoms with Crippen molar-refractivity contribution in [1.82, 2.24) is 5.32 Å². The molecule has 67 heavy (non-hydrogen) atoms. The van der Waals surface area contributed by atoms with Gasteiger partial charge in [-0.05, 0) is 70.6 Å². The number of carbonyl (C=O) groups excluding carboxylic acids is 2. The minimum atomic E-state index is -0.700. The lowest BCUT2D eigenvalue weighted by atomic mass is 10.0. The zero-order valence-corrected chi connectivity index (χ0v) is 44.9. The maximum absolute atomic E-state index is 12.5. The Bertz CT molecular complexity index is 1090. The van der Waals surface area contributed by atoms with Gasteiger partial charge in [-0.15, -0.1) is 0 Å². The number of nitrogens with one attached hydrogen (secondary N) is 1. The molecule has 3 N–H and O–H groups in total. The monoisotopic (exact) mass is 942 g/mol. The normalized spacial score (nSPS) is 12.8. The summed E-state index contributed by atoms with van der Waals surface area (Å²) in [5.74, 6) is -0.133. The Kier molecular flexibility index (Phi) is 55.0. The molecule has 0 aromatic carbocycles. The van der Waals surface area contributed by atoms with Crippen molar-refractivity contribution in [3.63, 3.8) is 0 Å². The quantitative estimate of drug-likeness (QED) is 0.0321. The number of allylic oxidation sites excluding steroid dienone is 6. The number of rotatable bonds is 55. The largest absolute Gasteiger partial charge is 0.466 e. The number of hydrogen-bond donors (Lipinski definition) is 3. The van der Waals surface area contributed by atoms with Crippen LogP contribution in [0.2, 0.25) is 0 Å². The third kappa shape index (κ3) is 53.3. The Morgan fingerprint density at radius 3 is 1.18 bits per heavy atom. The van der Waals surface area contributed by atoms with Crippen molar-refractivity contribution in [1.29, 1.82) is 0 Å². The van der Waals surface area contributed by atoms with Gasteiger partial charge in [0.15, 0.2) is 0 Å². The highest BCUT2D eigenvalue weighted by atomic mass is 16.5. The van der Waals surface area contributed by atoms with Gasteiger partial charge in [0, 0.05) is 12.8 Å². The standard InChI is InChI=1S/C61H115NO5/c1-3-5-7-9-11-13-15-17-19-21-23-24-26-29-33-37-41-45-49-53-59(64)58(57-63)62-60(65)54-50-46-42-38-34-30-28-32-36-40-44-48-52-56-67-61(66)55-51-47-43-39-35-31-27-25-22-20-18-16-14-12-10-8-6-4-2/h20,22,30,34,42,46,58-59,63-64H,3-19,21,23-29,31-33,35-41,43-45,47-57H2,1-2H3,(H,62,65)/b22-20-,34-30-,46-42-. The van der Waals surface area contributed by atoms with Gasteiger partial charge in [-0.25, -0.2) is 0 Å². The highest BCUT2D eigenvalue weighted by molar-refractivity contribution is 5.76. The summed E-state index contributed by atoms with van der Waals surface area (Å²) < 4.78 is 5.47. The molecule has 0 aliphatic heterocycles. The van der Waals surface area contributed by atoms with Crippen LogP contribution in [0.3, 0.4) is 0 Å². The van der Waals surface area contributed by atoms with Gasteiger partial charge in [-0.2, -0.15) is 0 Å². The molecule has 0 aromatic heterocycles. The molecular formula is C61H115NO5. The minimum Gasteiger partial charge on any atom is -0.466 e. The number of amides is 1. The van der Waals surface area contributed by atoms with E-state index in [2.05, 4.69) is 49.5 Å². The van der Waals surface area contributed by atoms with Crippen molar-refractivity contribution < 1.29 is 24.5 Å². The summed E-state index contributed by atoms with van der Waals surface area (Å²) in [5, 5.41) is 23.2. The molecule has 0 aliphatic carbocycles. The van der Waals surface area contributed by atoms with Crippen LogP contribution in [0, 0.1) is 0 Å². The van der Waals surface area contributed by atoms with E-state index in [0.29, 0.717) is 32.3 Å². The van der Waals surface area contributed by atoms with Crippen LogP contribution in [-0.4, -0.2) is 47.4 Å². The third-order valence-electron chi connectivity index (χ3n) is 13.7. The smallest absolute Gasteiger partial charge is 0.305 e. The van der Waals surface area contributed by atoms with Crippen LogP contribution < -0.4 is 5.32 Å². The number of ether oxygens (including phenoxy) is 1. The summed E-state index contributed by atoms with van der Waals surface area (Å²) in [5.41, 5.74) is 0. The highest BCUT2D eigenvalue weighted by Gasteiger charge is 2.19. The molecule has 6 nitrogen and oxygen atoms in total. The molecule has 6 heteroatoms. The van der Waals surface area contributed by atoms with E-state index in [1.54, 1.807) is 0 Å². The van der Waals surface area contributed by atoms with Crippen molar-refractivity contribution in [3.8, 4) is 0 Å². The number of aliphatic hydroxyl groups excluding tert-OH is 2. The van der Waals surface area contributed by atoms with E-state index in [0.717, 1.165) is 51.4 Å². The maximum Gasteiger partial charge on any atom is 0.305 e. The number of esters is 1. The van der Waals surface area contributed by atoms with Gasteiger partial charge in [0.25, 0.3) is 0 Å². The molecule has 1 amide bonds. The lowest BCUT2D eigenvalue weighted by Crippen LogP contribution is -2.45. The number of unbranched alkanes of at least 4 members (excludes halogenated alkanes) is 38. The van der Waals surface area contributed by atoms with Crippen molar-refractivity contribution in [2.45, 2.75) is 328 Å². The first kappa shape index (κ1) is 65.1. The second-order valence-corrected chi connectivity index (χ2v) is 20.3. The lowest BCUT2D eigenvalue weighted by Gasteiger charge is -2.22. The Morgan fingerprint density at radius 1 is 0.418 bits per heavy atom. The molecule has 0 rings (SSSR count). The molecule has 0 radical (unpaired) electrons. The van der Waals surface area contributed by atoms with E-state index in [-0.39, 0.29) is 18.5 Å². The average molecular weight is 943 g/mol. The molecule has 0 spiro atoms. The topological polar surface area (TPSA) is 95.9 Å². The summed E-state index contributed by atoms with van der Waals surface area (Å²) in [6.45, 7) is 4.90. The SMILES string of the molecule is CCCCCCCCC/C=C\CCCCCCCCCC(=O)OCCCCCCCC/C=C\C/C=C\CCC(=O)NC(CO)C(O)CCCCCCCCCCCCCCCCCCCCC. The van der Waals surface area contributed by atoms with Gasteiger partial charge in [-0.3, -0.25) is 9.59 Å². The summed E-state index contributed by atoms with van der Waals surface area (Å²) in [6, 6.07) is -0.587. The van der Waals surface area contributed by atoms with E-state index in [9.17, 15) is 19.8 Å². The Balaban J connectivity index is 3.53. The summed E-state index contributed by atoms with van der Waals surface area (Å²) in [7, 11) is 0. The van der Waals surface area contributed by atoms with E-state index in [1.165, 1.54) is 225 Å². The maximum atomic E-state index is 12.5. The minimum absolute atomic E-state index is 0.0196. The Labute approximate surface area is 417 Å². The van der Waals surface area contributed by atoms with Crippen molar-refractivity contribution in [2.75, 3.05) is 13.2 Å². The molecule has 2 atom stereocenters. The molecule has 0 heterocycles. The van der Waals surface area contributed by atoms with E-state index >= 15 is 0 Å². The predicted molar refractivity (Wildman–Crippen MR) is 292 cm³/mol. The summed E-state index contributed by atoms with van der Waals surface area (Å²) >= 11 is 0. The van der Waals surface area contributed by atoms with Crippen LogP contribution in [0.1, 0.15) is 316 Å². The van der Waals surface area contributed by atoms with Gasteiger partial charge in [0.1, 0.15) is 0 Å². The zero-order valence-electron chi connectivity index (χ0n) is 44.9. The second kappa shape index (κ2) is 56.7. The van der Waals surface area contributed by atoms with E-state index < -0.39 is 12.1 Å². The van der Waals surface area contributed by atoms with Crippen LogP contribution in [0.4, 0.5) is 0 Å². The lowest BCUT2D eigenvalue weighted by molar-refractivity contribution is -0.143. The van der Waals surface area contributed by atoms with Crippen molar-refractivity contribution in [3.05, 3.63) is 36.5 Å². The van der Waals surface area contributed by atoms with Crippen LogP contribution in [0.25, 0.3) is 0 Å². The van der Waals surface area contributed by atoms with Gasteiger partial charge in [0.2, 0.25) is 5.91 Å². The van der Waals surface area contributed by atoms with Gasteiger partial charge in [0.05, 0.1) is 25.4 Å². The van der Waals surface area contributed by atoms with Crippen LogP contribution in [-0.2, 0) is 14.3 Å². The summed E-state index contributed by atoms with van der Waals surface area (Å²) in [6.07, 6.45) is 70.1. The first-order valence-corrected chi connectivity index (χ1v) is 29.7. The molecule has 0 saturated heterocycles.